The van der Waals surface area contributed by atoms with Crippen LogP contribution in [0.5, 0.6) is 0 Å². The lowest BCUT2D eigenvalue weighted by Crippen LogP contribution is -2.12. The van der Waals surface area contributed by atoms with Gasteiger partial charge in [-0.05, 0) is 25.1 Å². The zero-order valence-corrected chi connectivity index (χ0v) is 12.0. The highest BCUT2D eigenvalue weighted by atomic mass is 35.5. The first kappa shape index (κ1) is 14.6. The highest BCUT2D eigenvalue weighted by molar-refractivity contribution is 6.35. The van der Waals surface area contributed by atoms with Crippen LogP contribution < -0.4 is 0 Å². The first-order chi connectivity index (χ1) is 9.61. The number of hydrogen-bond acceptors (Lipinski definition) is 3. The maximum Gasteiger partial charge on any atom is 0.306 e. The number of aromatic nitrogens is 1. The Hall–Kier alpha value is -1.81. The average Bonchev–Trinajstić information content (AvgIpc) is 2.82. The van der Waals surface area contributed by atoms with Crippen molar-refractivity contribution in [2.24, 2.45) is 0 Å². The minimum Gasteiger partial charge on any atom is -0.466 e. The molecule has 1 aromatic carbocycles. The molecule has 0 N–H and O–H groups in total. The lowest BCUT2D eigenvalue weighted by Gasteiger charge is -2.05. The van der Waals surface area contributed by atoms with Gasteiger partial charge in [-0.3, -0.25) is 9.59 Å². The van der Waals surface area contributed by atoms with Gasteiger partial charge in [0.1, 0.15) is 0 Å². The molecule has 0 unspecified atom stereocenters. The lowest BCUT2D eigenvalue weighted by molar-refractivity contribution is -0.144. The van der Waals surface area contributed by atoms with Gasteiger partial charge >= 0.3 is 5.97 Å². The van der Waals surface area contributed by atoms with E-state index in [4.69, 9.17) is 16.3 Å². The van der Waals surface area contributed by atoms with Gasteiger partial charge in [0.25, 0.3) is 0 Å². The van der Waals surface area contributed by atoms with Gasteiger partial charge in [0, 0.05) is 28.5 Å². The molecular formula is C15H16ClNO3. The van der Waals surface area contributed by atoms with Crippen molar-refractivity contribution in [3.8, 4) is 0 Å². The smallest absolute Gasteiger partial charge is 0.306 e. The van der Waals surface area contributed by atoms with Crippen LogP contribution in [-0.2, 0) is 20.9 Å². The number of fused-ring (bicyclic) bond motifs is 1. The number of esters is 1. The van der Waals surface area contributed by atoms with Gasteiger partial charge in [-0.15, -0.1) is 0 Å². The van der Waals surface area contributed by atoms with E-state index in [1.165, 1.54) is 0 Å². The minimum absolute atomic E-state index is 0.00414. The zero-order valence-electron chi connectivity index (χ0n) is 11.3. The summed E-state index contributed by atoms with van der Waals surface area (Å²) in [6.07, 6.45) is 2.16. The number of carbonyl (C=O) groups excluding carboxylic acids is 2. The molecule has 106 valence electrons. The Morgan fingerprint density at radius 1 is 1.25 bits per heavy atom. The van der Waals surface area contributed by atoms with E-state index in [-0.39, 0.29) is 31.1 Å². The molecule has 5 heteroatoms. The number of carbonyl (C=O) groups is 2. The Morgan fingerprint density at radius 3 is 2.80 bits per heavy atom. The maximum atomic E-state index is 11.9. The fourth-order valence-corrected chi connectivity index (χ4v) is 2.30. The maximum absolute atomic E-state index is 11.9. The SMILES string of the molecule is CCOC(=O)CCC(=O)Cn1ccc2c(Cl)cccc21. The molecule has 0 aliphatic carbocycles. The normalized spacial score (nSPS) is 10.7. The van der Waals surface area contributed by atoms with Crippen molar-refractivity contribution >= 4 is 34.3 Å². The first-order valence-corrected chi connectivity index (χ1v) is 6.90. The van der Waals surface area contributed by atoms with Crippen molar-refractivity contribution in [2.45, 2.75) is 26.3 Å². The molecule has 1 aromatic heterocycles. The van der Waals surface area contributed by atoms with Gasteiger partial charge in [-0.25, -0.2) is 0 Å². The van der Waals surface area contributed by atoms with E-state index in [1.54, 1.807) is 6.92 Å². The summed E-state index contributed by atoms with van der Waals surface area (Å²) in [5.74, 6) is -0.336. The van der Waals surface area contributed by atoms with Crippen LogP contribution in [0.4, 0.5) is 0 Å². The first-order valence-electron chi connectivity index (χ1n) is 6.52. The summed E-state index contributed by atoms with van der Waals surface area (Å²) < 4.78 is 6.64. The molecule has 20 heavy (non-hydrogen) atoms. The predicted octanol–water partition coefficient (Wildman–Crippen LogP) is 3.21. The number of halogens is 1. The number of hydrogen-bond donors (Lipinski definition) is 0. The highest BCUT2D eigenvalue weighted by Gasteiger charge is 2.10. The second-order valence-electron chi connectivity index (χ2n) is 4.46. The molecule has 1 heterocycles. The molecule has 0 aliphatic heterocycles. The van der Waals surface area contributed by atoms with Crippen molar-refractivity contribution in [1.29, 1.82) is 0 Å². The summed E-state index contributed by atoms with van der Waals surface area (Å²) in [7, 11) is 0. The van der Waals surface area contributed by atoms with Crippen LogP contribution in [0.15, 0.2) is 30.5 Å². The van der Waals surface area contributed by atoms with Crippen LogP contribution in [0.25, 0.3) is 10.9 Å². The van der Waals surface area contributed by atoms with Gasteiger partial charge in [0.05, 0.1) is 19.6 Å². The fraction of sp³-hybridized carbons (Fsp3) is 0.333. The average molecular weight is 294 g/mol. The number of rotatable bonds is 6. The van der Waals surface area contributed by atoms with E-state index in [0.29, 0.717) is 11.6 Å². The molecule has 0 radical (unpaired) electrons. The largest absolute Gasteiger partial charge is 0.466 e. The van der Waals surface area contributed by atoms with Crippen LogP contribution in [0, 0.1) is 0 Å². The van der Waals surface area contributed by atoms with Crippen LogP contribution in [0.2, 0.25) is 5.02 Å². The molecule has 0 fully saturated rings. The summed E-state index contributed by atoms with van der Waals surface area (Å²) in [5.41, 5.74) is 0.919. The molecule has 0 aliphatic rings. The monoisotopic (exact) mass is 293 g/mol. The van der Waals surface area contributed by atoms with Crippen LogP contribution in [0.3, 0.4) is 0 Å². The standard InChI is InChI=1S/C15H16ClNO3/c1-2-20-15(19)7-6-11(18)10-17-9-8-12-13(16)4-3-5-14(12)17/h3-5,8-9H,2,6-7,10H2,1H3. The lowest BCUT2D eigenvalue weighted by atomic mass is 10.2. The molecule has 2 aromatic rings. The summed E-state index contributed by atoms with van der Waals surface area (Å²) in [6, 6.07) is 7.47. The van der Waals surface area contributed by atoms with Crippen molar-refractivity contribution in [1.82, 2.24) is 4.57 Å². The number of Topliss-reactive ketones (excluding diaryl/α,β-unsaturated/α-hetero) is 1. The Balaban J connectivity index is 2.00. The second-order valence-corrected chi connectivity index (χ2v) is 4.87. The van der Waals surface area contributed by atoms with Crippen LogP contribution in [-0.4, -0.2) is 22.9 Å². The summed E-state index contributed by atoms with van der Waals surface area (Å²) >= 11 is 6.08. The van der Waals surface area contributed by atoms with E-state index in [0.717, 1.165) is 10.9 Å². The Kier molecular flexibility index (Phi) is 4.79. The summed E-state index contributed by atoms with van der Waals surface area (Å²) in [4.78, 5) is 23.1. The molecule has 0 spiro atoms. The van der Waals surface area contributed by atoms with E-state index in [9.17, 15) is 9.59 Å². The third-order valence-electron chi connectivity index (χ3n) is 3.02. The van der Waals surface area contributed by atoms with Crippen molar-refractivity contribution in [2.75, 3.05) is 6.61 Å². The van der Waals surface area contributed by atoms with Crippen LogP contribution >= 0.6 is 11.6 Å². The Bertz CT molecular complexity index is 633. The molecule has 0 saturated heterocycles. The third kappa shape index (κ3) is 3.39. The molecule has 0 saturated carbocycles. The quantitative estimate of drug-likeness (QED) is 0.768. The van der Waals surface area contributed by atoms with E-state index >= 15 is 0 Å². The molecular weight excluding hydrogens is 278 g/mol. The summed E-state index contributed by atoms with van der Waals surface area (Å²) in [5, 5.41) is 1.59. The highest BCUT2D eigenvalue weighted by Crippen LogP contribution is 2.24. The van der Waals surface area contributed by atoms with Crippen molar-refractivity contribution < 1.29 is 14.3 Å². The second kappa shape index (κ2) is 6.57. The van der Waals surface area contributed by atoms with Gasteiger partial charge in [-0.2, -0.15) is 0 Å². The molecule has 4 nitrogen and oxygen atoms in total. The summed E-state index contributed by atoms with van der Waals surface area (Å²) in [6.45, 7) is 2.33. The Morgan fingerprint density at radius 2 is 2.05 bits per heavy atom. The number of benzene rings is 1. The topological polar surface area (TPSA) is 48.3 Å². The molecule has 0 bridgehead atoms. The van der Waals surface area contributed by atoms with Crippen molar-refractivity contribution in [3.63, 3.8) is 0 Å². The Labute approximate surface area is 122 Å². The van der Waals surface area contributed by atoms with Gasteiger partial charge < -0.3 is 9.30 Å². The third-order valence-corrected chi connectivity index (χ3v) is 3.35. The van der Waals surface area contributed by atoms with Gasteiger partial charge in [0.2, 0.25) is 0 Å². The predicted molar refractivity (Wildman–Crippen MR) is 77.8 cm³/mol. The van der Waals surface area contributed by atoms with Gasteiger partial charge in [0.15, 0.2) is 5.78 Å². The van der Waals surface area contributed by atoms with E-state index < -0.39 is 0 Å². The molecule has 0 atom stereocenters. The zero-order chi connectivity index (χ0) is 14.5. The van der Waals surface area contributed by atoms with E-state index in [1.807, 2.05) is 35.0 Å². The fourth-order valence-electron chi connectivity index (χ4n) is 2.07. The molecule has 2 rings (SSSR count). The number of nitrogens with zero attached hydrogens (tertiary/aromatic N) is 1. The van der Waals surface area contributed by atoms with Crippen LogP contribution in [0.1, 0.15) is 19.8 Å². The number of ether oxygens (including phenoxy) is 1. The number of ketones is 1. The minimum atomic E-state index is -0.332. The van der Waals surface area contributed by atoms with Gasteiger partial charge in [-0.1, -0.05) is 17.7 Å². The molecule has 0 amide bonds. The van der Waals surface area contributed by atoms with E-state index in [2.05, 4.69) is 0 Å². The van der Waals surface area contributed by atoms with Crippen molar-refractivity contribution in [3.05, 3.63) is 35.5 Å².